The van der Waals surface area contributed by atoms with Crippen LogP contribution in [0.5, 0.6) is 0 Å². The third-order valence-electron chi connectivity index (χ3n) is 3.34. The highest BCUT2D eigenvalue weighted by Gasteiger charge is 2.12. The highest BCUT2D eigenvalue weighted by atomic mass is 32.2. The van der Waals surface area contributed by atoms with E-state index in [-0.39, 0.29) is 17.7 Å². The summed E-state index contributed by atoms with van der Waals surface area (Å²) in [5.41, 5.74) is 1.51. The average molecular weight is 327 g/mol. The Bertz CT molecular complexity index is 825. The van der Waals surface area contributed by atoms with Crippen LogP contribution >= 0.6 is 11.8 Å². The number of thioether (sulfide) groups is 1. The smallest absolute Gasteiger partial charge is 0.234 e. The number of hydrogen-bond acceptors (Lipinski definition) is 5. The molecular weight excluding hydrogens is 310 g/mol. The van der Waals surface area contributed by atoms with Gasteiger partial charge in [-0.3, -0.25) is 9.78 Å². The maximum absolute atomic E-state index is 12.2. The maximum atomic E-state index is 12.2. The molecule has 0 aliphatic rings. The fraction of sp³-hybridized carbons (Fsp3) is 0.250. The summed E-state index contributed by atoms with van der Waals surface area (Å²) in [6.45, 7) is 4.10. The van der Waals surface area contributed by atoms with Crippen molar-refractivity contribution in [3.8, 4) is 0 Å². The van der Waals surface area contributed by atoms with Gasteiger partial charge < -0.3 is 9.88 Å². The van der Waals surface area contributed by atoms with Crippen molar-refractivity contribution in [1.29, 1.82) is 0 Å². The predicted octanol–water partition coefficient (Wildman–Crippen LogP) is 3.14. The van der Waals surface area contributed by atoms with E-state index in [0.29, 0.717) is 0 Å². The van der Waals surface area contributed by atoms with Crippen molar-refractivity contribution in [3.63, 3.8) is 0 Å². The lowest BCUT2D eigenvalue weighted by atomic mass is 10.2. The maximum Gasteiger partial charge on any atom is 0.234 e. The summed E-state index contributed by atoms with van der Waals surface area (Å²) < 4.78 is 1.94. The second-order valence-corrected chi connectivity index (χ2v) is 6.27. The lowest BCUT2D eigenvalue weighted by Crippen LogP contribution is -2.15. The molecule has 0 saturated carbocycles. The van der Waals surface area contributed by atoms with E-state index in [1.165, 1.54) is 11.8 Å². The Morgan fingerprint density at radius 3 is 2.96 bits per heavy atom. The normalized spacial score (nSPS) is 11.1. The summed E-state index contributed by atoms with van der Waals surface area (Å²) >= 11 is 1.37. The molecule has 23 heavy (non-hydrogen) atoms. The topological polar surface area (TPSA) is 72.7 Å². The van der Waals surface area contributed by atoms with Crippen LogP contribution in [0, 0.1) is 0 Å². The number of pyridine rings is 1. The molecule has 2 aromatic heterocycles. The number of aromatic nitrogens is 4. The molecule has 0 atom stereocenters. The van der Waals surface area contributed by atoms with E-state index >= 15 is 0 Å². The van der Waals surface area contributed by atoms with Gasteiger partial charge in [-0.15, -0.1) is 10.2 Å². The number of benzene rings is 1. The molecule has 3 rings (SSSR count). The highest BCUT2D eigenvalue weighted by molar-refractivity contribution is 7.99. The third-order valence-corrected chi connectivity index (χ3v) is 4.29. The largest absolute Gasteiger partial charge is 0.323 e. The van der Waals surface area contributed by atoms with E-state index in [1.54, 1.807) is 12.5 Å². The first kappa shape index (κ1) is 15.5. The van der Waals surface area contributed by atoms with Crippen molar-refractivity contribution in [2.75, 3.05) is 11.1 Å². The molecule has 0 unspecified atom stereocenters. The van der Waals surface area contributed by atoms with Gasteiger partial charge in [-0.25, -0.2) is 0 Å². The van der Waals surface area contributed by atoms with E-state index < -0.39 is 0 Å². The summed E-state index contributed by atoms with van der Waals surface area (Å²) in [5.74, 6) is 0.181. The van der Waals surface area contributed by atoms with Gasteiger partial charge in [-0.2, -0.15) is 0 Å². The monoisotopic (exact) mass is 327 g/mol. The van der Waals surface area contributed by atoms with E-state index in [0.717, 1.165) is 21.7 Å². The second-order valence-electron chi connectivity index (χ2n) is 5.33. The first-order valence-corrected chi connectivity index (χ1v) is 8.29. The number of carbonyl (C=O) groups excluding carboxylic acids is 1. The minimum Gasteiger partial charge on any atom is -0.323 e. The molecular formula is C16H17N5OS. The number of fused-ring (bicyclic) bond motifs is 1. The lowest BCUT2D eigenvalue weighted by molar-refractivity contribution is -0.113. The Balaban J connectivity index is 1.68. The fourth-order valence-electron chi connectivity index (χ4n) is 2.21. The number of para-hydroxylation sites is 1. The minimum atomic E-state index is -0.0912. The van der Waals surface area contributed by atoms with Crippen LogP contribution in [0.4, 0.5) is 5.69 Å². The standard InChI is InChI=1S/C16H17N5OS/c1-11(2)21-10-18-20-16(21)23-9-14(22)19-13-7-3-5-12-6-4-8-17-15(12)13/h3-8,10-11H,9H2,1-2H3,(H,19,22). The number of anilines is 1. The second kappa shape index (κ2) is 6.78. The van der Waals surface area contributed by atoms with Crippen LogP contribution in [0.2, 0.25) is 0 Å². The van der Waals surface area contributed by atoms with Crippen LogP contribution in [0.15, 0.2) is 48.0 Å². The van der Waals surface area contributed by atoms with Crippen molar-refractivity contribution < 1.29 is 4.79 Å². The molecule has 0 spiro atoms. The van der Waals surface area contributed by atoms with E-state index in [2.05, 4.69) is 34.3 Å². The molecule has 0 radical (unpaired) electrons. The summed E-state index contributed by atoms with van der Waals surface area (Å²) in [6, 6.07) is 9.84. The number of nitrogens with zero attached hydrogens (tertiary/aromatic N) is 4. The number of amides is 1. The van der Waals surface area contributed by atoms with Crippen molar-refractivity contribution in [1.82, 2.24) is 19.7 Å². The molecule has 1 amide bonds. The van der Waals surface area contributed by atoms with Gasteiger partial charge in [0.1, 0.15) is 6.33 Å². The van der Waals surface area contributed by atoms with Crippen LogP contribution in [-0.2, 0) is 4.79 Å². The summed E-state index contributed by atoms with van der Waals surface area (Å²) in [4.78, 5) is 16.5. The number of carbonyl (C=O) groups is 1. The van der Waals surface area contributed by atoms with Crippen LogP contribution in [0.1, 0.15) is 19.9 Å². The Labute approximate surface area is 138 Å². The Morgan fingerprint density at radius 2 is 2.13 bits per heavy atom. The molecule has 0 aliphatic heterocycles. The zero-order valence-corrected chi connectivity index (χ0v) is 13.7. The van der Waals surface area contributed by atoms with Gasteiger partial charge in [-0.05, 0) is 26.0 Å². The van der Waals surface area contributed by atoms with E-state index in [1.807, 2.05) is 34.9 Å². The van der Waals surface area contributed by atoms with Gasteiger partial charge in [0, 0.05) is 17.6 Å². The minimum absolute atomic E-state index is 0.0912. The van der Waals surface area contributed by atoms with Gasteiger partial charge in [0.2, 0.25) is 5.91 Å². The van der Waals surface area contributed by atoms with Crippen molar-refractivity contribution in [2.24, 2.45) is 0 Å². The van der Waals surface area contributed by atoms with Gasteiger partial charge >= 0.3 is 0 Å². The van der Waals surface area contributed by atoms with Gasteiger partial charge in [0.15, 0.2) is 5.16 Å². The zero-order valence-electron chi connectivity index (χ0n) is 12.9. The molecule has 0 bridgehead atoms. The van der Waals surface area contributed by atoms with Crippen molar-refractivity contribution in [2.45, 2.75) is 25.0 Å². The zero-order chi connectivity index (χ0) is 16.2. The number of rotatable bonds is 5. The fourth-order valence-corrected chi connectivity index (χ4v) is 3.06. The summed E-state index contributed by atoms with van der Waals surface area (Å²) in [7, 11) is 0. The molecule has 118 valence electrons. The molecule has 6 nitrogen and oxygen atoms in total. The van der Waals surface area contributed by atoms with E-state index in [4.69, 9.17) is 0 Å². The Kier molecular flexibility index (Phi) is 4.57. The van der Waals surface area contributed by atoms with Gasteiger partial charge in [0.05, 0.1) is 17.0 Å². The predicted molar refractivity (Wildman–Crippen MR) is 91.5 cm³/mol. The summed E-state index contributed by atoms with van der Waals surface area (Å²) in [5, 5.41) is 12.6. The van der Waals surface area contributed by atoms with Crippen molar-refractivity contribution in [3.05, 3.63) is 42.9 Å². The lowest BCUT2D eigenvalue weighted by Gasteiger charge is -2.10. The first-order chi connectivity index (χ1) is 11.1. The average Bonchev–Trinajstić information content (AvgIpc) is 3.02. The first-order valence-electron chi connectivity index (χ1n) is 7.31. The molecule has 0 saturated heterocycles. The highest BCUT2D eigenvalue weighted by Crippen LogP contribution is 2.22. The van der Waals surface area contributed by atoms with Crippen LogP contribution in [0.25, 0.3) is 10.9 Å². The van der Waals surface area contributed by atoms with Gasteiger partial charge in [-0.1, -0.05) is 30.0 Å². The Hall–Kier alpha value is -2.41. The molecule has 1 N–H and O–H groups in total. The number of nitrogens with one attached hydrogen (secondary N) is 1. The number of hydrogen-bond donors (Lipinski definition) is 1. The van der Waals surface area contributed by atoms with Gasteiger partial charge in [0.25, 0.3) is 0 Å². The van der Waals surface area contributed by atoms with Crippen LogP contribution in [-0.4, -0.2) is 31.4 Å². The molecule has 0 fully saturated rings. The molecule has 1 aromatic carbocycles. The molecule has 7 heteroatoms. The molecule has 2 heterocycles. The third kappa shape index (κ3) is 3.50. The quantitative estimate of drug-likeness (QED) is 0.729. The summed E-state index contributed by atoms with van der Waals surface area (Å²) in [6.07, 6.45) is 3.40. The Morgan fingerprint density at radius 1 is 1.30 bits per heavy atom. The van der Waals surface area contributed by atoms with Crippen LogP contribution < -0.4 is 5.32 Å². The molecule has 3 aromatic rings. The van der Waals surface area contributed by atoms with Crippen molar-refractivity contribution >= 4 is 34.3 Å². The SMILES string of the molecule is CC(C)n1cnnc1SCC(=O)Nc1cccc2cccnc12. The van der Waals surface area contributed by atoms with Crippen LogP contribution in [0.3, 0.4) is 0 Å². The van der Waals surface area contributed by atoms with E-state index in [9.17, 15) is 4.79 Å². The molecule has 0 aliphatic carbocycles.